The lowest BCUT2D eigenvalue weighted by Crippen LogP contribution is -2.30. The molecular weight excluding hydrogens is 236 g/mol. The maximum absolute atomic E-state index is 8.79. The molecule has 1 saturated heterocycles. The maximum atomic E-state index is 8.79. The summed E-state index contributed by atoms with van der Waals surface area (Å²) in [5.41, 5.74) is 8.09. The van der Waals surface area contributed by atoms with E-state index in [9.17, 15) is 0 Å². The molecule has 1 aliphatic rings. The van der Waals surface area contributed by atoms with Crippen molar-refractivity contribution in [3.8, 4) is 6.07 Å². The van der Waals surface area contributed by atoms with Gasteiger partial charge in [0, 0.05) is 13.1 Å². The fourth-order valence-corrected chi connectivity index (χ4v) is 2.50. The second-order valence-electron chi connectivity index (χ2n) is 5.10. The maximum Gasteiger partial charge on any atom is 0.0992 e. The van der Waals surface area contributed by atoms with Gasteiger partial charge in [-0.05, 0) is 44.1 Å². The van der Waals surface area contributed by atoms with E-state index < -0.39 is 0 Å². The zero-order valence-corrected chi connectivity index (χ0v) is 11.4. The first-order valence-corrected chi connectivity index (χ1v) is 7.05. The summed E-state index contributed by atoms with van der Waals surface area (Å²) in [4.78, 5) is 2.51. The largest absolute Gasteiger partial charge is 0.397 e. The van der Waals surface area contributed by atoms with Gasteiger partial charge in [-0.2, -0.15) is 5.26 Å². The number of nitrogen functional groups attached to an aromatic ring is 1. The number of nitrogens with one attached hydrogen (secondary N) is 1. The lowest BCUT2D eigenvalue weighted by atomic mass is 10.2. The molecule has 0 radical (unpaired) electrons. The molecule has 1 aromatic carbocycles. The molecule has 4 nitrogen and oxygen atoms in total. The Morgan fingerprint density at radius 2 is 1.95 bits per heavy atom. The summed E-state index contributed by atoms with van der Waals surface area (Å²) in [7, 11) is 0. The Hall–Kier alpha value is -1.73. The average molecular weight is 258 g/mol. The molecule has 0 aromatic heterocycles. The van der Waals surface area contributed by atoms with Gasteiger partial charge in [0.1, 0.15) is 0 Å². The molecule has 0 aliphatic carbocycles. The Bertz CT molecular complexity index is 442. The molecule has 4 heteroatoms. The number of rotatable bonds is 4. The Kier molecular flexibility index (Phi) is 5.05. The van der Waals surface area contributed by atoms with E-state index in [1.165, 1.54) is 38.8 Å². The van der Waals surface area contributed by atoms with Crippen molar-refractivity contribution in [2.75, 3.05) is 37.2 Å². The van der Waals surface area contributed by atoms with Crippen LogP contribution in [0.25, 0.3) is 0 Å². The van der Waals surface area contributed by atoms with E-state index in [4.69, 9.17) is 11.0 Å². The van der Waals surface area contributed by atoms with Crippen LogP contribution in [0.1, 0.15) is 31.2 Å². The summed E-state index contributed by atoms with van der Waals surface area (Å²) < 4.78 is 0. The summed E-state index contributed by atoms with van der Waals surface area (Å²) in [6.07, 6.45) is 5.37. The SMILES string of the molecule is N#Cc1ccc(NCCN2CCCCCC2)c(N)c1. The van der Waals surface area contributed by atoms with Crippen molar-refractivity contribution in [1.29, 1.82) is 5.26 Å². The van der Waals surface area contributed by atoms with Crippen molar-refractivity contribution in [1.82, 2.24) is 4.90 Å². The summed E-state index contributed by atoms with van der Waals surface area (Å²) in [6.45, 7) is 4.38. The van der Waals surface area contributed by atoms with Crippen molar-refractivity contribution in [3.63, 3.8) is 0 Å². The van der Waals surface area contributed by atoms with Crippen LogP contribution in [0.4, 0.5) is 11.4 Å². The van der Waals surface area contributed by atoms with Crippen molar-refractivity contribution >= 4 is 11.4 Å². The molecule has 0 amide bonds. The van der Waals surface area contributed by atoms with Crippen LogP contribution < -0.4 is 11.1 Å². The van der Waals surface area contributed by atoms with Crippen LogP contribution in [0.15, 0.2) is 18.2 Å². The molecule has 0 spiro atoms. The average Bonchev–Trinajstić information content (AvgIpc) is 2.69. The molecule has 0 bridgehead atoms. The molecule has 0 atom stereocenters. The summed E-state index contributed by atoms with van der Waals surface area (Å²) in [5.74, 6) is 0. The van der Waals surface area contributed by atoms with Gasteiger partial charge in [0.15, 0.2) is 0 Å². The first-order chi connectivity index (χ1) is 9.29. The topological polar surface area (TPSA) is 65.1 Å². The molecule has 1 heterocycles. The van der Waals surface area contributed by atoms with Gasteiger partial charge < -0.3 is 16.0 Å². The number of nitrogens with zero attached hydrogens (tertiary/aromatic N) is 2. The van der Waals surface area contributed by atoms with Gasteiger partial charge in [-0.15, -0.1) is 0 Å². The number of anilines is 2. The zero-order valence-electron chi connectivity index (χ0n) is 11.4. The quantitative estimate of drug-likeness (QED) is 0.814. The predicted molar refractivity (Wildman–Crippen MR) is 79.0 cm³/mol. The first-order valence-electron chi connectivity index (χ1n) is 7.05. The van der Waals surface area contributed by atoms with Crippen LogP contribution in [0.2, 0.25) is 0 Å². The van der Waals surface area contributed by atoms with E-state index in [0.717, 1.165) is 18.8 Å². The highest BCUT2D eigenvalue weighted by molar-refractivity contribution is 5.68. The molecule has 19 heavy (non-hydrogen) atoms. The Balaban J connectivity index is 1.80. The van der Waals surface area contributed by atoms with Gasteiger partial charge in [0.25, 0.3) is 0 Å². The fraction of sp³-hybridized carbons (Fsp3) is 0.533. The van der Waals surface area contributed by atoms with Gasteiger partial charge in [-0.25, -0.2) is 0 Å². The smallest absolute Gasteiger partial charge is 0.0992 e. The summed E-state index contributed by atoms with van der Waals surface area (Å²) in [5, 5.41) is 12.1. The number of hydrogen-bond donors (Lipinski definition) is 2. The lowest BCUT2D eigenvalue weighted by molar-refractivity contribution is 0.296. The van der Waals surface area contributed by atoms with Gasteiger partial charge in [0.2, 0.25) is 0 Å². The number of nitriles is 1. The minimum Gasteiger partial charge on any atom is -0.397 e. The van der Waals surface area contributed by atoms with Crippen LogP contribution in [-0.4, -0.2) is 31.1 Å². The van der Waals surface area contributed by atoms with Crippen molar-refractivity contribution in [3.05, 3.63) is 23.8 Å². The highest BCUT2D eigenvalue weighted by atomic mass is 15.1. The van der Waals surface area contributed by atoms with Crippen LogP contribution in [-0.2, 0) is 0 Å². The monoisotopic (exact) mass is 258 g/mol. The van der Waals surface area contributed by atoms with Crippen LogP contribution in [0, 0.1) is 11.3 Å². The van der Waals surface area contributed by atoms with E-state index in [0.29, 0.717) is 11.3 Å². The van der Waals surface area contributed by atoms with E-state index in [1.54, 1.807) is 12.1 Å². The van der Waals surface area contributed by atoms with Crippen molar-refractivity contribution in [2.45, 2.75) is 25.7 Å². The molecule has 0 saturated carbocycles. The van der Waals surface area contributed by atoms with Crippen LogP contribution in [0.5, 0.6) is 0 Å². The minimum atomic E-state index is 0.607. The Morgan fingerprint density at radius 1 is 1.21 bits per heavy atom. The molecule has 2 rings (SSSR count). The third-order valence-corrected chi connectivity index (χ3v) is 3.62. The van der Waals surface area contributed by atoms with E-state index in [-0.39, 0.29) is 0 Å². The third-order valence-electron chi connectivity index (χ3n) is 3.62. The van der Waals surface area contributed by atoms with Gasteiger partial charge in [-0.1, -0.05) is 12.8 Å². The van der Waals surface area contributed by atoms with Gasteiger partial charge >= 0.3 is 0 Å². The van der Waals surface area contributed by atoms with E-state index in [1.807, 2.05) is 6.07 Å². The highest BCUT2D eigenvalue weighted by Crippen LogP contribution is 2.19. The first kappa shape index (κ1) is 13.7. The normalized spacial score (nSPS) is 16.6. The molecule has 1 aliphatic heterocycles. The van der Waals surface area contributed by atoms with E-state index in [2.05, 4.69) is 16.3 Å². The summed E-state index contributed by atoms with van der Waals surface area (Å²) in [6, 6.07) is 7.49. The molecule has 3 N–H and O–H groups in total. The van der Waals surface area contributed by atoms with Gasteiger partial charge in [0.05, 0.1) is 23.0 Å². The summed E-state index contributed by atoms with van der Waals surface area (Å²) >= 11 is 0. The fourth-order valence-electron chi connectivity index (χ4n) is 2.50. The molecule has 102 valence electrons. The van der Waals surface area contributed by atoms with Crippen LogP contribution in [0.3, 0.4) is 0 Å². The van der Waals surface area contributed by atoms with E-state index >= 15 is 0 Å². The number of likely N-dealkylation sites (tertiary alicyclic amines) is 1. The number of benzene rings is 1. The predicted octanol–water partition coefficient (Wildman–Crippen LogP) is 2.43. The molecule has 1 fully saturated rings. The third kappa shape index (κ3) is 4.15. The molecule has 1 aromatic rings. The number of hydrogen-bond acceptors (Lipinski definition) is 4. The van der Waals surface area contributed by atoms with Gasteiger partial charge in [-0.3, -0.25) is 0 Å². The Labute approximate surface area is 115 Å². The standard InChI is InChI=1S/C15H22N4/c16-12-13-5-6-15(14(17)11-13)18-7-10-19-8-3-1-2-4-9-19/h5-6,11,18H,1-4,7-10,17H2. The molecular formula is C15H22N4. The zero-order chi connectivity index (χ0) is 13.5. The van der Waals surface area contributed by atoms with Crippen molar-refractivity contribution < 1.29 is 0 Å². The second-order valence-corrected chi connectivity index (χ2v) is 5.10. The Morgan fingerprint density at radius 3 is 2.58 bits per heavy atom. The van der Waals surface area contributed by atoms with Crippen LogP contribution >= 0.6 is 0 Å². The lowest BCUT2D eigenvalue weighted by Gasteiger charge is -2.20. The number of nitrogens with two attached hydrogens (primary N) is 1. The second kappa shape index (κ2) is 7.01. The highest BCUT2D eigenvalue weighted by Gasteiger charge is 2.08. The molecule has 0 unspecified atom stereocenters. The van der Waals surface area contributed by atoms with Crippen molar-refractivity contribution in [2.24, 2.45) is 0 Å². The minimum absolute atomic E-state index is 0.607.